The summed E-state index contributed by atoms with van der Waals surface area (Å²) in [6.45, 7) is 4.05. The number of nitrogens with zero attached hydrogens (tertiary/aromatic N) is 2. The molecule has 1 aromatic heterocycles. The highest BCUT2D eigenvalue weighted by Gasteiger charge is 2.22. The van der Waals surface area contributed by atoms with Gasteiger partial charge in [-0.25, -0.2) is 13.8 Å². The number of fused-ring (bicyclic) bond motifs is 1. The Morgan fingerprint density at radius 1 is 1.24 bits per heavy atom. The van der Waals surface area contributed by atoms with Crippen LogP contribution >= 0.6 is 0 Å². The molecule has 1 aromatic carbocycles. The first-order valence-corrected chi connectivity index (χ1v) is 7.77. The highest BCUT2D eigenvalue weighted by Crippen LogP contribution is 2.29. The van der Waals surface area contributed by atoms with Crippen molar-refractivity contribution >= 4 is 11.0 Å². The fourth-order valence-electron chi connectivity index (χ4n) is 3.12. The second-order valence-electron chi connectivity index (χ2n) is 5.74. The van der Waals surface area contributed by atoms with E-state index in [1.807, 2.05) is 0 Å². The van der Waals surface area contributed by atoms with E-state index < -0.39 is 11.6 Å². The number of rotatable bonds is 4. The second-order valence-corrected chi connectivity index (χ2v) is 5.74. The summed E-state index contributed by atoms with van der Waals surface area (Å²) in [5.74, 6) is -0.650. The monoisotopic (exact) mass is 293 g/mol. The average Bonchev–Trinajstić information content (AvgIpc) is 2.84. The van der Waals surface area contributed by atoms with E-state index in [1.54, 1.807) is 0 Å². The summed E-state index contributed by atoms with van der Waals surface area (Å²) in [5, 5.41) is 3.34. The number of hydrogen-bond donors (Lipinski definition) is 1. The highest BCUT2D eigenvalue weighted by molar-refractivity contribution is 5.76. The topological polar surface area (TPSA) is 29.9 Å². The largest absolute Gasteiger partial charge is 0.325 e. The van der Waals surface area contributed by atoms with Gasteiger partial charge in [0.2, 0.25) is 0 Å². The number of halogens is 2. The lowest BCUT2D eigenvalue weighted by atomic mass is 10.1. The minimum Gasteiger partial charge on any atom is -0.325 e. The average molecular weight is 293 g/mol. The van der Waals surface area contributed by atoms with Crippen molar-refractivity contribution in [2.45, 2.75) is 45.1 Å². The van der Waals surface area contributed by atoms with Crippen LogP contribution in [0.15, 0.2) is 12.1 Å². The molecule has 1 saturated heterocycles. The van der Waals surface area contributed by atoms with Crippen molar-refractivity contribution in [1.82, 2.24) is 14.9 Å². The van der Waals surface area contributed by atoms with E-state index >= 15 is 0 Å². The Labute approximate surface area is 123 Å². The fraction of sp³-hybridized carbons (Fsp3) is 0.562. The SMILES string of the molecule is CCCCc1nc2cc(F)c(F)cc2n1C1CCNCC1. The van der Waals surface area contributed by atoms with Crippen molar-refractivity contribution < 1.29 is 8.78 Å². The van der Waals surface area contributed by atoms with Gasteiger partial charge in [-0.2, -0.15) is 0 Å². The maximum atomic E-state index is 13.6. The molecule has 1 aliphatic rings. The van der Waals surface area contributed by atoms with Gasteiger partial charge in [-0.3, -0.25) is 0 Å². The predicted octanol–water partition coefficient (Wildman–Crippen LogP) is 3.58. The van der Waals surface area contributed by atoms with Crippen LogP contribution in [-0.2, 0) is 6.42 Å². The maximum Gasteiger partial charge on any atom is 0.161 e. The van der Waals surface area contributed by atoms with Crippen LogP contribution in [0, 0.1) is 11.6 Å². The van der Waals surface area contributed by atoms with Gasteiger partial charge < -0.3 is 9.88 Å². The molecule has 5 heteroatoms. The summed E-state index contributed by atoms with van der Waals surface area (Å²) in [6, 6.07) is 2.85. The zero-order valence-corrected chi connectivity index (χ0v) is 12.3. The third kappa shape index (κ3) is 2.79. The minimum atomic E-state index is -0.820. The van der Waals surface area contributed by atoms with Gasteiger partial charge in [-0.1, -0.05) is 13.3 Å². The molecule has 0 amide bonds. The van der Waals surface area contributed by atoms with E-state index in [1.165, 1.54) is 12.1 Å². The summed E-state index contributed by atoms with van der Waals surface area (Å²) in [5.41, 5.74) is 1.30. The summed E-state index contributed by atoms with van der Waals surface area (Å²) < 4.78 is 29.2. The Hall–Kier alpha value is -1.49. The van der Waals surface area contributed by atoms with E-state index in [2.05, 4.69) is 21.8 Å². The van der Waals surface area contributed by atoms with Crippen molar-refractivity contribution in [2.24, 2.45) is 0 Å². The molecule has 114 valence electrons. The Bertz CT molecular complexity index is 630. The smallest absolute Gasteiger partial charge is 0.161 e. The zero-order valence-electron chi connectivity index (χ0n) is 12.3. The van der Waals surface area contributed by atoms with Crippen LogP contribution in [0.4, 0.5) is 8.78 Å². The maximum absolute atomic E-state index is 13.6. The number of hydrogen-bond acceptors (Lipinski definition) is 2. The molecule has 0 bridgehead atoms. The minimum absolute atomic E-state index is 0.327. The van der Waals surface area contributed by atoms with Gasteiger partial charge in [0.15, 0.2) is 11.6 Å². The zero-order chi connectivity index (χ0) is 14.8. The Morgan fingerprint density at radius 3 is 2.67 bits per heavy atom. The molecule has 1 N–H and O–H groups in total. The number of unbranched alkanes of at least 4 members (excludes halogenated alkanes) is 1. The van der Waals surface area contributed by atoms with Crippen molar-refractivity contribution in [1.29, 1.82) is 0 Å². The third-order valence-corrected chi connectivity index (χ3v) is 4.23. The van der Waals surface area contributed by atoms with Gasteiger partial charge >= 0.3 is 0 Å². The molecular formula is C16H21F2N3. The molecule has 0 unspecified atom stereocenters. The van der Waals surface area contributed by atoms with Crippen LogP contribution in [0.1, 0.15) is 44.5 Å². The third-order valence-electron chi connectivity index (χ3n) is 4.23. The Kier molecular flexibility index (Phi) is 4.19. The van der Waals surface area contributed by atoms with Crippen molar-refractivity contribution in [3.05, 3.63) is 29.6 Å². The predicted molar refractivity (Wildman–Crippen MR) is 79.4 cm³/mol. The highest BCUT2D eigenvalue weighted by atomic mass is 19.2. The molecule has 0 radical (unpaired) electrons. The number of aromatic nitrogens is 2. The molecule has 0 aliphatic carbocycles. The lowest BCUT2D eigenvalue weighted by Gasteiger charge is -2.26. The molecule has 1 fully saturated rings. The van der Waals surface area contributed by atoms with E-state index in [9.17, 15) is 8.78 Å². The van der Waals surface area contributed by atoms with Gasteiger partial charge in [-0.05, 0) is 32.4 Å². The van der Waals surface area contributed by atoms with Gasteiger partial charge in [0, 0.05) is 24.6 Å². The molecule has 0 saturated carbocycles. The van der Waals surface area contributed by atoms with Crippen LogP contribution in [-0.4, -0.2) is 22.6 Å². The lowest BCUT2D eigenvalue weighted by Crippen LogP contribution is -2.30. The van der Waals surface area contributed by atoms with Crippen LogP contribution in [0.5, 0.6) is 0 Å². The van der Waals surface area contributed by atoms with E-state index in [-0.39, 0.29) is 0 Å². The first-order valence-electron chi connectivity index (χ1n) is 7.77. The first-order chi connectivity index (χ1) is 10.2. The number of benzene rings is 1. The fourth-order valence-corrected chi connectivity index (χ4v) is 3.12. The van der Waals surface area contributed by atoms with E-state index in [4.69, 9.17) is 0 Å². The first kappa shape index (κ1) is 14.4. The molecule has 2 heterocycles. The van der Waals surface area contributed by atoms with Gasteiger partial charge in [0.05, 0.1) is 11.0 Å². The normalized spacial score (nSPS) is 16.7. The van der Waals surface area contributed by atoms with Crippen molar-refractivity contribution in [2.75, 3.05) is 13.1 Å². The Morgan fingerprint density at radius 2 is 1.95 bits per heavy atom. The molecular weight excluding hydrogens is 272 g/mol. The number of imidazole rings is 1. The number of aryl methyl sites for hydroxylation is 1. The molecule has 2 aromatic rings. The second kappa shape index (κ2) is 6.10. The summed E-state index contributed by atoms with van der Waals surface area (Å²) in [4.78, 5) is 4.56. The van der Waals surface area contributed by atoms with Gasteiger partial charge in [-0.15, -0.1) is 0 Å². The molecule has 1 aliphatic heterocycles. The van der Waals surface area contributed by atoms with Gasteiger partial charge in [0.25, 0.3) is 0 Å². The van der Waals surface area contributed by atoms with Crippen LogP contribution in [0.25, 0.3) is 11.0 Å². The lowest BCUT2D eigenvalue weighted by molar-refractivity contribution is 0.366. The standard InChI is InChI=1S/C16H21F2N3/c1-2-3-4-16-20-14-9-12(17)13(18)10-15(14)21(16)11-5-7-19-8-6-11/h9-11,19H,2-8H2,1H3. The van der Waals surface area contributed by atoms with Crippen molar-refractivity contribution in [3.8, 4) is 0 Å². The van der Waals surface area contributed by atoms with Crippen LogP contribution in [0.2, 0.25) is 0 Å². The van der Waals surface area contributed by atoms with Crippen molar-refractivity contribution in [3.63, 3.8) is 0 Å². The molecule has 0 atom stereocenters. The summed E-state index contributed by atoms with van der Waals surface area (Å²) in [7, 11) is 0. The van der Waals surface area contributed by atoms with E-state index in [0.717, 1.165) is 56.5 Å². The summed E-state index contributed by atoms with van der Waals surface area (Å²) in [6.07, 6.45) is 4.99. The molecule has 21 heavy (non-hydrogen) atoms. The molecule has 3 rings (SSSR count). The quantitative estimate of drug-likeness (QED) is 0.933. The van der Waals surface area contributed by atoms with Crippen LogP contribution < -0.4 is 5.32 Å². The molecule has 3 nitrogen and oxygen atoms in total. The number of nitrogens with one attached hydrogen (secondary N) is 1. The van der Waals surface area contributed by atoms with Gasteiger partial charge in [0.1, 0.15) is 5.82 Å². The summed E-state index contributed by atoms with van der Waals surface area (Å²) >= 11 is 0. The Balaban J connectivity index is 2.09. The number of piperidine rings is 1. The van der Waals surface area contributed by atoms with Crippen LogP contribution in [0.3, 0.4) is 0 Å². The molecule has 0 spiro atoms. The van der Waals surface area contributed by atoms with E-state index in [0.29, 0.717) is 11.6 Å².